The van der Waals surface area contributed by atoms with Crippen LogP contribution in [0.5, 0.6) is 0 Å². The summed E-state index contributed by atoms with van der Waals surface area (Å²) in [7, 11) is 0.881. The van der Waals surface area contributed by atoms with Crippen LogP contribution in [-0.4, -0.2) is 52.7 Å². The van der Waals surface area contributed by atoms with Gasteiger partial charge in [0.05, 0.1) is 44.8 Å². The fraction of sp³-hybridized carbons (Fsp3) is 0.278. The lowest BCUT2D eigenvalue weighted by molar-refractivity contribution is 0.0219. The summed E-state index contributed by atoms with van der Waals surface area (Å²) < 4.78 is 16.9. The van der Waals surface area contributed by atoms with Crippen molar-refractivity contribution in [2.75, 3.05) is 51.6 Å². The van der Waals surface area contributed by atoms with Crippen LogP contribution < -0.4 is 20.8 Å². The van der Waals surface area contributed by atoms with Gasteiger partial charge in [0.25, 0.3) is 0 Å². The van der Waals surface area contributed by atoms with Crippen LogP contribution in [0.4, 0.5) is 5.69 Å². The summed E-state index contributed by atoms with van der Waals surface area (Å²) in [6.45, 7) is 4.13. The maximum atomic E-state index is 6.22. The Hall–Kier alpha value is -3.27. The molecule has 4 nitrogen and oxygen atoms in total. The molecule has 41 heavy (non-hydrogen) atoms. The van der Waals surface area contributed by atoms with E-state index in [0.29, 0.717) is 39.1 Å². The van der Waals surface area contributed by atoms with Crippen LogP contribution in [0.25, 0.3) is 21.5 Å². The number of ether oxygens (including phenoxy) is 3. The summed E-state index contributed by atoms with van der Waals surface area (Å²) in [5, 5.41) is 9.50. The first-order chi connectivity index (χ1) is 20.4. The first-order valence-electron chi connectivity index (χ1n) is 14.6. The molecule has 0 radical (unpaired) electrons. The lowest BCUT2D eigenvalue weighted by Crippen LogP contribution is -2.37. The molecular formula is C36H38NO3P. The number of hydrogen-bond acceptors (Lipinski definition) is 4. The van der Waals surface area contributed by atoms with E-state index in [1.165, 1.54) is 43.1 Å². The number of fused-ring (bicyclic) bond motifs is 3. The summed E-state index contributed by atoms with van der Waals surface area (Å²) >= 11 is 0. The highest BCUT2D eigenvalue weighted by molar-refractivity contribution is 7.80. The molecule has 6 rings (SSSR count). The van der Waals surface area contributed by atoms with E-state index in [-0.39, 0.29) is 0 Å². The Bertz CT molecular complexity index is 1520. The van der Waals surface area contributed by atoms with E-state index in [1.807, 2.05) is 0 Å². The van der Waals surface area contributed by atoms with Gasteiger partial charge in [-0.3, -0.25) is 0 Å². The van der Waals surface area contributed by atoms with Gasteiger partial charge in [-0.05, 0) is 47.5 Å². The van der Waals surface area contributed by atoms with Crippen molar-refractivity contribution in [3.8, 4) is 0 Å². The molecule has 1 fully saturated rings. The summed E-state index contributed by atoms with van der Waals surface area (Å²) in [5.41, 5.74) is 1.38. The van der Waals surface area contributed by atoms with Crippen molar-refractivity contribution < 1.29 is 14.2 Å². The lowest BCUT2D eigenvalue weighted by Gasteiger charge is -2.34. The van der Waals surface area contributed by atoms with Crippen LogP contribution in [-0.2, 0) is 14.2 Å². The summed E-state index contributed by atoms with van der Waals surface area (Å²) in [6.07, 6.45) is 2.29. The predicted molar refractivity (Wildman–Crippen MR) is 174 cm³/mol. The average molecular weight is 564 g/mol. The average Bonchev–Trinajstić information content (AvgIpc) is 3.50. The maximum absolute atomic E-state index is 6.22. The topological polar surface area (TPSA) is 30.9 Å². The van der Waals surface area contributed by atoms with Crippen molar-refractivity contribution in [1.29, 1.82) is 0 Å². The SMILES string of the molecule is COCCOCCOC[C@H]1CCCN1c1c(P(c2ccccc2)c2ccccc2)c2ccccc2c2ccccc12. The number of benzene rings is 5. The van der Waals surface area contributed by atoms with Gasteiger partial charge in [0.2, 0.25) is 0 Å². The van der Waals surface area contributed by atoms with Crippen LogP contribution >= 0.6 is 7.92 Å². The van der Waals surface area contributed by atoms with E-state index < -0.39 is 7.92 Å². The second kappa shape index (κ2) is 13.6. The van der Waals surface area contributed by atoms with Gasteiger partial charge in [-0.2, -0.15) is 0 Å². The largest absolute Gasteiger partial charge is 0.382 e. The molecule has 1 atom stereocenters. The van der Waals surface area contributed by atoms with Crippen molar-refractivity contribution >= 4 is 51.1 Å². The zero-order valence-corrected chi connectivity index (χ0v) is 24.6. The molecule has 0 amide bonds. The Morgan fingerprint density at radius 3 is 1.83 bits per heavy atom. The molecule has 5 aromatic rings. The minimum Gasteiger partial charge on any atom is -0.382 e. The van der Waals surface area contributed by atoms with Gasteiger partial charge in [-0.15, -0.1) is 0 Å². The number of anilines is 1. The van der Waals surface area contributed by atoms with Gasteiger partial charge in [0.1, 0.15) is 0 Å². The zero-order chi connectivity index (χ0) is 27.9. The number of nitrogens with zero attached hydrogens (tertiary/aromatic N) is 1. The van der Waals surface area contributed by atoms with E-state index >= 15 is 0 Å². The molecule has 0 bridgehead atoms. The predicted octanol–water partition coefficient (Wildman–Crippen LogP) is 6.40. The molecule has 0 aliphatic carbocycles. The highest BCUT2D eigenvalue weighted by Crippen LogP contribution is 2.45. The monoisotopic (exact) mass is 563 g/mol. The van der Waals surface area contributed by atoms with Crippen molar-refractivity contribution in [2.24, 2.45) is 0 Å². The second-order valence-electron chi connectivity index (χ2n) is 10.5. The number of rotatable bonds is 12. The van der Waals surface area contributed by atoms with Crippen LogP contribution in [0.1, 0.15) is 12.8 Å². The third-order valence-electron chi connectivity index (χ3n) is 7.91. The molecule has 210 valence electrons. The molecule has 1 saturated heterocycles. The first kappa shape index (κ1) is 27.9. The summed E-state index contributed by atoms with van der Waals surface area (Å²) in [5.74, 6) is 0. The fourth-order valence-corrected chi connectivity index (χ4v) is 8.72. The minimum absolute atomic E-state index is 0.320. The van der Waals surface area contributed by atoms with E-state index in [4.69, 9.17) is 14.2 Å². The molecule has 0 aromatic heterocycles. The maximum Gasteiger partial charge on any atom is 0.0701 e. The Balaban J connectivity index is 1.49. The smallest absolute Gasteiger partial charge is 0.0701 e. The Morgan fingerprint density at radius 1 is 0.634 bits per heavy atom. The van der Waals surface area contributed by atoms with Gasteiger partial charge in [-0.1, -0.05) is 109 Å². The van der Waals surface area contributed by atoms with Gasteiger partial charge in [0, 0.05) is 24.3 Å². The fourth-order valence-electron chi connectivity index (χ4n) is 6.07. The highest BCUT2D eigenvalue weighted by Gasteiger charge is 2.32. The van der Waals surface area contributed by atoms with Gasteiger partial charge < -0.3 is 19.1 Å². The third-order valence-corrected chi connectivity index (χ3v) is 10.4. The Labute approximate surface area is 244 Å². The van der Waals surface area contributed by atoms with E-state index in [9.17, 15) is 0 Å². The molecule has 0 N–H and O–H groups in total. The van der Waals surface area contributed by atoms with Crippen LogP contribution in [0.3, 0.4) is 0 Å². The molecule has 0 unspecified atom stereocenters. The number of hydrogen-bond donors (Lipinski definition) is 0. The summed E-state index contributed by atoms with van der Waals surface area (Å²) in [4.78, 5) is 2.66. The van der Waals surface area contributed by atoms with Crippen LogP contribution in [0, 0.1) is 0 Å². The first-order valence-corrected chi connectivity index (χ1v) is 16.0. The molecule has 5 heteroatoms. The quantitative estimate of drug-likeness (QED) is 0.0999. The van der Waals surface area contributed by atoms with Crippen LogP contribution in [0.15, 0.2) is 109 Å². The van der Waals surface area contributed by atoms with Gasteiger partial charge >= 0.3 is 0 Å². The standard InChI is InChI=1S/C36H38NO3P/c1-38-23-24-39-25-26-40-27-28-13-12-22-37(28)35-33-20-10-8-18-31(33)32-19-9-11-21-34(32)36(35)41(29-14-4-2-5-15-29)30-16-6-3-7-17-30/h2-11,14-21,28H,12-13,22-27H2,1H3/t28-/m1/s1. The Kier molecular flexibility index (Phi) is 9.24. The van der Waals surface area contributed by atoms with Crippen molar-refractivity contribution in [1.82, 2.24) is 0 Å². The van der Waals surface area contributed by atoms with Crippen molar-refractivity contribution in [3.63, 3.8) is 0 Å². The summed E-state index contributed by atoms with van der Waals surface area (Å²) in [6, 6.07) is 40.5. The second-order valence-corrected chi connectivity index (χ2v) is 12.6. The molecular weight excluding hydrogens is 525 g/mol. The molecule has 0 saturated carbocycles. The van der Waals surface area contributed by atoms with E-state index in [1.54, 1.807) is 7.11 Å². The normalized spacial score (nSPS) is 15.4. The van der Waals surface area contributed by atoms with Crippen LogP contribution in [0.2, 0.25) is 0 Å². The number of methoxy groups -OCH3 is 1. The molecule has 1 aliphatic rings. The minimum atomic E-state index is -0.814. The molecule has 1 aliphatic heterocycles. The molecule has 5 aromatic carbocycles. The highest BCUT2D eigenvalue weighted by atomic mass is 31.1. The van der Waals surface area contributed by atoms with Crippen molar-refractivity contribution in [3.05, 3.63) is 109 Å². The molecule has 0 spiro atoms. The zero-order valence-electron chi connectivity index (χ0n) is 23.7. The van der Waals surface area contributed by atoms with Gasteiger partial charge in [0.15, 0.2) is 0 Å². The molecule has 1 heterocycles. The van der Waals surface area contributed by atoms with E-state index in [2.05, 4.69) is 114 Å². The van der Waals surface area contributed by atoms with Gasteiger partial charge in [-0.25, -0.2) is 0 Å². The van der Waals surface area contributed by atoms with E-state index in [0.717, 1.165) is 19.4 Å². The van der Waals surface area contributed by atoms with Crippen molar-refractivity contribution in [2.45, 2.75) is 18.9 Å². The lowest BCUT2D eigenvalue weighted by atomic mass is 9.99. The third kappa shape index (κ3) is 6.03. The Morgan fingerprint density at radius 2 is 1.17 bits per heavy atom.